The SMILES string of the molecule is COC(=O)N[C@H](C(=O)N1[C@@H](C)CC[C@H]1c1nc2ccc3cc4c(cc3c2[nH]1)OCc1cc(-c2[nH]c([C@@H]3CC[C@H](C)N3C(=O)[C@@H](NC(=O)OC)[C@@H](C)OC)nc2C)ccc1-4)C(C)C. The number of carbonyl (C=O) groups is 4. The van der Waals surface area contributed by atoms with Crippen LogP contribution in [0.15, 0.2) is 42.5 Å². The van der Waals surface area contributed by atoms with Gasteiger partial charge in [-0.1, -0.05) is 32.0 Å². The molecular formula is C46H56N8O8. The molecular weight excluding hydrogens is 793 g/mol. The number of ether oxygens (including phenoxy) is 4. The highest BCUT2D eigenvalue weighted by molar-refractivity contribution is 6.07. The smallest absolute Gasteiger partial charge is 0.407 e. The number of nitrogens with one attached hydrogen (secondary N) is 4. The van der Waals surface area contributed by atoms with E-state index < -0.39 is 30.4 Å². The van der Waals surface area contributed by atoms with Crippen LogP contribution in [-0.2, 0) is 30.4 Å². The van der Waals surface area contributed by atoms with Gasteiger partial charge < -0.3 is 49.3 Å². The first kappa shape index (κ1) is 42.5. The van der Waals surface area contributed by atoms with E-state index in [0.29, 0.717) is 24.7 Å². The molecule has 0 radical (unpaired) electrons. The predicted molar refractivity (Wildman–Crippen MR) is 232 cm³/mol. The zero-order valence-corrected chi connectivity index (χ0v) is 36.8. The fraction of sp³-hybridized carbons (Fsp3) is 0.478. The van der Waals surface area contributed by atoms with Crippen LogP contribution >= 0.6 is 0 Å². The molecule has 4 amide bonds. The first-order valence-electron chi connectivity index (χ1n) is 21.4. The second-order valence-electron chi connectivity index (χ2n) is 17.2. The van der Waals surface area contributed by atoms with Crippen LogP contribution in [0.25, 0.3) is 44.2 Å². The van der Waals surface area contributed by atoms with E-state index in [9.17, 15) is 19.2 Å². The summed E-state index contributed by atoms with van der Waals surface area (Å²) >= 11 is 0. The van der Waals surface area contributed by atoms with Crippen molar-refractivity contribution in [3.05, 3.63) is 65.4 Å². The molecule has 2 aromatic heterocycles. The number of likely N-dealkylation sites (tertiary alicyclic amines) is 2. The van der Waals surface area contributed by atoms with Gasteiger partial charge in [0.1, 0.15) is 36.1 Å². The minimum Gasteiger partial charge on any atom is -0.488 e. The molecule has 62 heavy (non-hydrogen) atoms. The number of alkyl carbamates (subject to hydrolysis) is 2. The first-order chi connectivity index (χ1) is 29.7. The molecule has 7 atom stereocenters. The molecule has 0 saturated carbocycles. The maximum atomic E-state index is 14.0. The van der Waals surface area contributed by atoms with E-state index in [1.54, 1.807) is 11.8 Å². The number of rotatable bonds is 10. The molecule has 0 unspecified atom stereocenters. The summed E-state index contributed by atoms with van der Waals surface area (Å²) in [6.45, 7) is 11.9. The molecule has 0 bridgehead atoms. The number of nitrogens with zero attached hydrogens (tertiary/aromatic N) is 4. The summed E-state index contributed by atoms with van der Waals surface area (Å²) in [5, 5.41) is 7.39. The summed E-state index contributed by atoms with van der Waals surface area (Å²) in [5.41, 5.74) is 7.39. The maximum absolute atomic E-state index is 14.0. The number of H-pyrrole nitrogens is 2. The van der Waals surface area contributed by atoms with Gasteiger partial charge >= 0.3 is 12.2 Å². The van der Waals surface area contributed by atoms with Gasteiger partial charge in [-0.25, -0.2) is 19.6 Å². The lowest BCUT2D eigenvalue weighted by atomic mass is 9.92. The molecule has 16 heteroatoms. The van der Waals surface area contributed by atoms with Crippen molar-refractivity contribution in [1.82, 2.24) is 40.4 Å². The number of amides is 4. The largest absolute Gasteiger partial charge is 0.488 e. The molecule has 2 saturated heterocycles. The fourth-order valence-corrected chi connectivity index (χ4v) is 9.52. The minimum atomic E-state index is -0.930. The molecule has 8 rings (SSSR count). The van der Waals surface area contributed by atoms with E-state index >= 15 is 0 Å². The number of fused-ring (bicyclic) bond motifs is 6. The lowest BCUT2D eigenvalue weighted by Gasteiger charge is -2.33. The summed E-state index contributed by atoms with van der Waals surface area (Å²) in [7, 11) is 4.06. The van der Waals surface area contributed by atoms with Crippen molar-refractivity contribution < 1.29 is 38.1 Å². The highest BCUT2D eigenvalue weighted by Gasteiger charge is 2.43. The van der Waals surface area contributed by atoms with Gasteiger partial charge in [0, 0.05) is 35.7 Å². The number of aromatic amines is 2. The van der Waals surface area contributed by atoms with Crippen LogP contribution in [0.2, 0.25) is 0 Å². The fourth-order valence-electron chi connectivity index (χ4n) is 9.52. The topological polar surface area (TPSA) is 193 Å². The molecule has 4 N–H and O–H groups in total. The Labute approximate surface area is 360 Å². The Hall–Kier alpha value is -6.16. The number of aromatic nitrogens is 4. The monoisotopic (exact) mass is 848 g/mol. The van der Waals surface area contributed by atoms with Gasteiger partial charge in [-0.15, -0.1) is 0 Å². The molecule has 5 heterocycles. The third-order valence-corrected chi connectivity index (χ3v) is 13.0. The van der Waals surface area contributed by atoms with Crippen LogP contribution in [0.1, 0.15) is 95.3 Å². The highest BCUT2D eigenvalue weighted by atomic mass is 16.5. The molecule has 328 valence electrons. The van der Waals surface area contributed by atoms with Crippen molar-refractivity contribution in [2.75, 3.05) is 21.3 Å². The number of methoxy groups -OCH3 is 3. The lowest BCUT2D eigenvalue weighted by Crippen LogP contribution is -2.55. The summed E-state index contributed by atoms with van der Waals surface area (Å²) in [6, 6.07) is 12.3. The van der Waals surface area contributed by atoms with Gasteiger partial charge in [-0.3, -0.25) is 9.59 Å². The zero-order valence-electron chi connectivity index (χ0n) is 36.8. The molecule has 2 fully saturated rings. The molecule has 3 aromatic carbocycles. The number of aryl methyl sites for hydroxylation is 1. The molecule has 3 aliphatic rings. The standard InChI is InChI=1S/C46H56N8O8/c1-22(2)37(51-45(57)60-8)43(55)53-23(3)11-17-35(53)42-48-33-15-13-27-19-32-30-14-12-28(18-29(30)21-62-36(32)20-31(27)40(33)50-42)38-25(5)47-41(49-38)34-16-10-24(4)54(34)44(56)39(26(6)59-7)52-46(58)61-9/h12-15,18-20,22-24,26,34-35,37,39H,10-11,16-17,21H2,1-9H3,(H,47,49)(H,48,50)(H,51,57)(H,52,58)/t23-,24-,26+,34-,35-,37-,39-/m0/s1. The van der Waals surface area contributed by atoms with Crippen molar-refractivity contribution in [3.63, 3.8) is 0 Å². The van der Waals surface area contributed by atoms with E-state index in [1.165, 1.54) is 21.3 Å². The van der Waals surface area contributed by atoms with Gasteiger partial charge in [0.2, 0.25) is 11.8 Å². The number of benzene rings is 3. The number of carbonyl (C=O) groups excluding carboxylic acids is 4. The average Bonchev–Trinajstić information content (AvgIpc) is 4.07. The highest BCUT2D eigenvalue weighted by Crippen LogP contribution is 2.44. The Balaban J connectivity index is 1.06. The minimum absolute atomic E-state index is 0.0305. The first-order valence-corrected chi connectivity index (χ1v) is 21.4. The van der Waals surface area contributed by atoms with E-state index in [0.717, 1.165) is 80.5 Å². The summed E-state index contributed by atoms with van der Waals surface area (Å²) in [5.74, 6) is 1.62. The van der Waals surface area contributed by atoms with Crippen LogP contribution in [-0.4, -0.2) is 105 Å². The normalized spacial score (nSPS) is 21.0. The molecule has 0 spiro atoms. The zero-order chi connectivity index (χ0) is 44.1. The quantitative estimate of drug-likeness (QED) is 0.112. The van der Waals surface area contributed by atoms with Gasteiger partial charge in [0.15, 0.2) is 0 Å². The summed E-state index contributed by atoms with van der Waals surface area (Å²) < 4.78 is 21.6. The van der Waals surface area contributed by atoms with Gasteiger partial charge in [-0.2, -0.15) is 0 Å². The molecule has 5 aromatic rings. The van der Waals surface area contributed by atoms with E-state index in [1.807, 2.05) is 45.6 Å². The van der Waals surface area contributed by atoms with Gasteiger partial charge in [-0.05, 0) is 100 Å². The lowest BCUT2D eigenvalue weighted by molar-refractivity contribution is -0.139. The Kier molecular flexibility index (Phi) is 11.6. The Morgan fingerprint density at radius 3 is 2.03 bits per heavy atom. The van der Waals surface area contributed by atoms with E-state index in [4.69, 9.17) is 28.9 Å². The number of hydrogen-bond acceptors (Lipinski definition) is 10. The summed E-state index contributed by atoms with van der Waals surface area (Å²) in [4.78, 5) is 73.1. The average molecular weight is 849 g/mol. The van der Waals surface area contributed by atoms with Crippen LogP contribution in [0.4, 0.5) is 9.59 Å². The van der Waals surface area contributed by atoms with Gasteiger partial charge in [0.05, 0.1) is 54.8 Å². The summed E-state index contributed by atoms with van der Waals surface area (Å²) in [6.07, 6.45) is 1.14. The maximum Gasteiger partial charge on any atom is 0.407 e. The Morgan fingerprint density at radius 1 is 0.774 bits per heavy atom. The number of imidazole rings is 2. The molecule has 0 aliphatic carbocycles. The third kappa shape index (κ3) is 7.58. The molecule has 3 aliphatic heterocycles. The van der Waals surface area contributed by atoms with Gasteiger partial charge in [0.25, 0.3) is 0 Å². The van der Waals surface area contributed by atoms with Crippen molar-refractivity contribution in [3.8, 4) is 28.1 Å². The van der Waals surface area contributed by atoms with Crippen LogP contribution < -0.4 is 15.4 Å². The van der Waals surface area contributed by atoms with Crippen LogP contribution in [0, 0.1) is 12.8 Å². The Morgan fingerprint density at radius 2 is 1.40 bits per heavy atom. The van der Waals surface area contributed by atoms with Crippen LogP contribution in [0.3, 0.4) is 0 Å². The van der Waals surface area contributed by atoms with Crippen molar-refractivity contribution in [2.24, 2.45) is 5.92 Å². The van der Waals surface area contributed by atoms with Crippen molar-refractivity contribution in [2.45, 2.75) is 116 Å². The van der Waals surface area contributed by atoms with Crippen LogP contribution in [0.5, 0.6) is 5.75 Å². The predicted octanol–water partition coefficient (Wildman–Crippen LogP) is 7.22. The van der Waals surface area contributed by atoms with E-state index in [-0.39, 0.29) is 41.9 Å². The van der Waals surface area contributed by atoms with E-state index in [2.05, 4.69) is 57.0 Å². The Bertz CT molecular complexity index is 2550. The molecule has 16 nitrogen and oxygen atoms in total. The number of hydrogen-bond donors (Lipinski definition) is 4. The third-order valence-electron chi connectivity index (χ3n) is 13.0. The van der Waals surface area contributed by atoms with Crippen molar-refractivity contribution >= 4 is 45.8 Å². The van der Waals surface area contributed by atoms with Crippen molar-refractivity contribution in [1.29, 1.82) is 0 Å². The second kappa shape index (κ2) is 17.0. The second-order valence-corrected chi connectivity index (χ2v) is 17.2.